The molecule has 1 aliphatic rings. The van der Waals surface area contributed by atoms with Gasteiger partial charge in [-0.1, -0.05) is 43.3 Å². The molecule has 0 bridgehead atoms. The van der Waals surface area contributed by atoms with Gasteiger partial charge < -0.3 is 10.0 Å². The molecule has 2 aromatic rings. The standard InChI is InChI=1S/C19H23NO2/c1-2-19(14-21)10-12-20(13-11-19)18(22)17-9-5-7-15-6-3-4-8-16(15)17/h3-9,21H,2,10-14H2,1H3. The molecule has 1 saturated heterocycles. The molecule has 2 aromatic carbocycles. The Labute approximate surface area is 131 Å². The van der Waals surface area contributed by atoms with Crippen LogP contribution in [0.3, 0.4) is 0 Å². The third-order valence-corrected chi connectivity index (χ3v) is 5.22. The van der Waals surface area contributed by atoms with Gasteiger partial charge in [0.05, 0.1) is 0 Å². The van der Waals surface area contributed by atoms with Crippen molar-refractivity contribution in [2.24, 2.45) is 5.41 Å². The number of rotatable bonds is 3. The van der Waals surface area contributed by atoms with Gasteiger partial charge in [0.15, 0.2) is 0 Å². The van der Waals surface area contributed by atoms with Crippen LogP contribution in [0.2, 0.25) is 0 Å². The number of carbonyl (C=O) groups is 1. The summed E-state index contributed by atoms with van der Waals surface area (Å²) < 4.78 is 0. The van der Waals surface area contributed by atoms with Gasteiger partial charge in [-0.05, 0) is 41.5 Å². The molecule has 0 atom stereocenters. The quantitative estimate of drug-likeness (QED) is 0.942. The van der Waals surface area contributed by atoms with Gasteiger partial charge in [-0.15, -0.1) is 0 Å². The Morgan fingerprint density at radius 1 is 1.14 bits per heavy atom. The molecule has 1 N–H and O–H groups in total. The fraction of sp³-hybridized carbons (Fsp3) is 0.421. The van der Waals surface area contributed by atoms with Gasteiger partial charge in [-0.2, -0.15) is 0 Å². The highest BCUT2D eigenvalue weighted by atomic mass is 16.3. The molecule has 1 heterocycles. The van der Waals surface area contributed by atoms with E-state index < -0.39 is 0 Å². The molecule has 3 rings (SSSR count). The van der Waals surface area contributed by atoms with Gasteiger partial charge in [0.2, 0.25) is 0 Å². The topological polar surface area (TPSA) is 40.5 Å². The minimum Gasteiger partial charge on any atom is -0.396 e. The molecule has 3 heteroatoms. The van der Waals surface area contributed by atoms with E-state index in [1.807, 2.05) is 47.4 Å². The maximum absolute atomic E-state index is 12.9. The normalized spacial score (nSPS) is 17.6. The van der Waals surface area contributed by atoms with E-state index in [4.69, 9.17) is 0 Å². The van der Waals surface area contributed by atoms with Crippen LogP contribution >= 0.6 is 0 Å². The van der Waals surface area contributed by atoms with Crippen molar-refractivity contribution in [1.82, 2.24) is 4.90 Å². The lowest BCUT2D eigenvalue weighted by molar-refractivity contribution is 0.0339. The largest absolute Gasteiger partial charge is 0.396 e. The second-order valence-corrected chi connectivity index (χ2v) is 6.33. The summed E-state index contributed by atoms with van der Waals surface area (Å²) in [6.07, 6.45) is 2.74. The zero-order chi connectivity index (χ0) is 15.6. The van der Waals surface area contributed by atoms with Crippen molar-refractivity contribution < 1.29 is 9.90 Å². The molecular weight excluding hydrogens is 274 g/mol. The van der Waals surface area contributed by atoms with Crippen LogP contribution in [0, 0.1) is 5.41 Å². The van der Waals surface area contributed by atoms with Crippen LogP contribution < -0.4 is 0 Å². The Hall–Kier alpha value is -1.87. The number of hydrogen-bond donors (Lipinski definition) is 1. The van der Waals surface area contributed by atoms with Crippen molar-refractivity contribution in [1.29, 1.82) is 0 Å². The van der Waals surface area contributed by atoms with Crippen LogP contribution in [0.1, 0.15) is 36.5 Å². The first-order chi connectivity index (χ1) is 10.7. The number of nitrogens with zero attached hydrogens (tertiary/aromatic N) is 1. The van der Waals surface area contributed by atoms with Crippen LogP contribution in [0.25, 0.3) is 10.8 Å². The van der Waals surface area contributed by atoms with Crippen LogP contribution in [0.4, 0.5) is 0 Å². The number of carbonyl (C=O) groups excluding carboxylic acids is 1. The lowest BCUT2D eigenvalue weighted by Crippen LogP contribution is -2.44. The highest BCUT2D eigenvalue weighted by molar-refractivity contribution is 6.07. The van der Waals surface area contributed by atoms with Crippen LogP contribution in [-0.4, -0.2) is 35.6 Å². The molecule has 3 nitrogen and oxygen atoms in total. The number of fused-ring (bicyclic) bond motifs is 1. The maximum atomic E-state index is 12.9. The summed E-state index contributed by atoms with van der Waals surface area (Å²) in [4.78, 5) is 14.8. The Balaban J connectivity index is 1.83. The summed E-state index contributed by atoms with van der Waals surface area (Å²) >= 11 is 0. The van der Waals surface area contributed by atoms with E-state index >= 15 is 0 Å². The molecule has 0 radical (unpaired) electrons. The number of amides is 1. The molecule has 0 spiro atoms. The zero-order valence-corrected chi connectivity index (χ0v) is 13.1. The fourth-order valence-electron chi connectivity index (χ4n) is 3.39. The number of hydrogen-bond acceptors (Lipinski definition) is 2. The van der Waals surface area contributed by atoms with Gasteiger partial charge in [-0.3, -0.25) is 4.79 Å². The molecule has 116 valence electrons. The van der Waals surface area contributed by atoms with E-state index in [1.165, 1.54) is 0 Å². The molecule has 0 unspecified atom stereocenters. The second kappa shape index (κ2) is 6.09. The first kappa shape index (κ1) is 15.0. The molecule has 0 saturated carbocycles. The van der Waals surface area contributed by atoms with Crippen molar-refractivity contribution in [3.63, 3.8) is 0 Å². The monoisotopic (exact) mass is 297 g/mol. The number of likely N-dealkylation sites (tertiary alicyclic amines) is 1. The molecule has 1 amide bonds. The summed E-state index contributed by atoms with van der Waals surface area (Å²) in [5, 5.41) is 11.7. The molecule has 22 heavy (non-hydrogen) atoms. The van der Waals surface area contributed by atoms with Gasteiger partial charge in [0, 0.05) is 25.3 Å². The van der Waals surface area contributed by atoms with Gasteiger partial charge in [0.25, 0.3) is 5.91 Å². The van der Waals surface area contributed by atoms with E-state index in [1.54, 1.807) is 0 Å². The van der Waals surface area contributed by atoms with Crippen molar-refractivity contribution in [2.45, 2.75) is 26.2 Å². The molecule has 1 fully saturated rings. The molecule has 0 aliphatic carbocycles. The van der Waals surface area contributed by atoms with Crippen LogP contribution in [0.15, 0.2) is 42.5 Å². The van der Waals surface area contributed by atoms with Crippen LogP contribution in [-0.2, 0) is 0 Å². The van der Waals surface area contributed by atoms with Gasteiger partial charge in [0.1, 0.15) is 0 Å². The number of aliphatic hydroxyl groups is 1. The lowest BCUT2D eigenvalue weighted by Gasteiger charge is -2.40. The van der Waals surface area contributed by atoms with E-state index in [-0.39, 0.29) is 17.9 Å². The summed E-state index contributed by atoms with van der Waals surface area (Å²) in [5.41, 5.74) is 0.793. The van der Waals surface area contributed by atoms with Crippen molar-refractivity contribution in [3.05, 3.63) is 48.0 Å². The van der Waals surface area contributed by atoms with E-state index in [9.17, 15) is 9.90 Å². The molecule has 1 aliphatic heterocycles. The van der Waals surface area contributed by atoms with E-state index in [0.717, 1.165) is 48.7 Å². The Morgan fingerprint density at radius 3 is 2.50 bits per heavy atom. The second-order valence-electron chi connectivity index (χ2n) is 6.33. The van der Waals surface area contributed by atoms with E-state index in [0.29, 0.717) is 0 Å². The summed E-state index contributed by atoms with van der Waals surface area (Å²) in [6, 6.07) is 13.9. The van der Waals surface area contributed by atoms with Crippen LogP contribution in [0.5, 0.6) is 0 Å². The smallest absolute Gasteiger partial charge is 0.254 e. The minimum absolute atomic E-state index is 0.00946. The third kappa shape index (κ3) is 2.61. The molecular formula is C19H23NO2. The number of aliphatic hydroxyl groups excluding tert-OH is 1. The fourth-order valence-corrected chi connectivity index (χ4v) is 3.39. The third-order valence-electron chi connectivity index (χ3n) is 5.22. The predicted molar refractivity (Wildman–Crippen MR) is 88.9 cm³/mol. The Morgan fingerprint density at radius 2 is 1.82 bits per heavy atom. The van der Waals surface area contributed by atoms with E-state index in [2.05, 4.69) is 6.92 Å². The average molecular weight is 297 g/mol. The van der Waals surface area contributed by atoms with Crippen molar-refractivity contribution in [2.75, 3.05) is 19.7 Å². The zero-order valence-electron chi connectivity index (χ0n) is 13.1. The predicted octanol–water partition coefficient (Wildman–Crippen LogP) is 3.46. The molecule has 0 aromatic heterocycles. The average Bonchev–Trinajstić information content (AvgIpc) is 2.60. The summed E-state index contributed by atoms with van der Waals surface area (Å²) in [5.74, 6) is 0.111. The SMILES string of the molecule is CCC1(CO)CCN(C(=O)c2cccc3ccccc23)CC1. The maximum Gasteiger partial charge on any atom is 0.254 e. The lowest BCUT2D eigenvalue weighted by atomic mass is 9.77. The first-order valence-corrected chi connectivity index (χ1v) is 8.07. The van der Waals surface area contributed by atoms with Gasteiger partial charge >= 0.3 is 0 Å². The highest BCUT2D eigenvalue weighted by Gasteiger charge is 2.34. The number of benzene rings is 2. The Bertz CT molecular complexity index is 661. The first-order valence-electron chi connectivity index (χ1n) is 8.07. The Kier molecular flexibility index (Phi) is 4.16. The van der Waals surface area contributed by atoms with Crippen molar-refractivity contribution in [3.8, 4) is 0 Å². The number of piperidine rings is 1. The van der Waals surface area contributed by atoms with Crippen molar-refractivity contribution >= 4 is 16.7 Å². The summed E-state index contributed by atoms with van der Waals surface area (Å²) in [6.45, 7) is 3.81. The minimum atomic E-state index is 0.00946. The van der Waals surface area contributed by atoms with Gasteiger partial charge in [-0.25, -0.2) is 0 Å². The summed E-state index contributed by atoms with van der Waals surface area (Å²) in [7, 11) is 0. The highest BCUT2D eigenvalue weighted by Crippen LogP contribution is 2.35.